The third kappa shape index (κ3) is 7.18. The lowest BCUT2D eigenvalue weighted by Crippen LogP contribution is -1.86. The Morgan fingerprint density at radius 1 is 0.488 bits per heavy atom. The maximum Gasteiger partial charge on any atom is 0.151 e. The summed E-state index contributed by atoms with van der Waals surface area (Å²) in [6.45, 7) is 0. The van der Waals surface area contributed by atoms with Crippen LogP contribution in [-0.2, 0) is 32.1 Å². The van der Waals surface area contributed by atoms with Gasteiger partial charge >= 0.3 is 0 Å². The maximum atomic E-state index is 11.9. The number of aldehydes is 2. The van der Waals surface area contributed by atoms with Crippen LogP contribution in [0.5, 0.6) is 0 Å². The Kier molecular flexibility index (Phi) is 9.68. The van der Waals surface area contributed by atoms with Crippen LogP contribution in [0, 0.1) is 0 Å². The SMILES string of the molecule is O=Cc1ccsc1Cc1ccc(Cc2sc(Cc3cc(Br)c(Cc4ccc(Cc5sccc5Br)s4)s3)cc2C=O)s1. The Morgan fingerprint density at radius 3 is 1.66 bits per heavy atom. The number of carbonyl (C=O) groups is 2. The van der Waals surface area contributed by atoms with E-state index in [1.54, 1.807) is 45.3 Å². The van der Waals surface area contributed by atoms with Crippen molar-refractivity contribution in [3.8, 4) is 0 Å². The molecule has 2 nitrogen and oxygen atoms in total. The molecule has 0 saturated carbocycles. The van der Waals surface area contributed by atoms with Crippen molar-refractivity contribution in [2.24, 2.45) is 0 Å². The van der Waals surface area contributed by atoms with Crippen molar-refractivity contribution < 1.29 is 9.59 Å². The van der Waals surface area contributed by atoms with Gasteiger partial charge in [-0.2, -0.15) is 0 Å². The third-order valence-electron chi connectivity index (χ3n) is 6.55. The second-order valence-electron chi connectivity index (χ2n) is 9.42. The van der Waals surface area contributed by atoms with E-state index in [0.29, 0.717) is 0 Å². The fraction of sp³-hybridized carbons (Fsp3) is 0.161. The molecule has 0 aliphatic heterocycles. The predicted molar refractivity (Wildman–Crippen MR) is 186 cm³/mol. The quantitative estimate of drug-likeness (QED) is 0.116. The van der Waals surface area contributed by atoms with Gasteiger partial charge < -0.3 is 0 Å². The molecule has 0 bridgehead atoms. The van der Waals surface area contributed by atoms with E-state index >= 15 is 0 Å². The largest absolute Gasteiger partial charge is 0.298 e. The molecule has 0 fully saturated rings. The molecule has 6 rings (SSSR count). The van der Waals surface area contributed by atoms with Gasteiger partial charge in [-0.1, -0.05) is 0 Å². The van der Waals surface area contributed by atoms with E-state index in [2.05, 4.69) is 79.7 Å². The molecule has 0 aliphatic carbocycles. The number of halogens is 2. The van der Waals surface area contributed by atoms with Crippen molar-refractivity contribution in [3.63, 3.8) is 0 Å². The smallest absolute Gasteiger partial charge is 0.151 e. The number of thiophene rings is 6. The summed E-state index contributed by atoms with van der Waals surface area (Å²) in [5.41, 5.74) is 1.57. The number of rotatable bonds is 12. The molecule has 0 saturated heterocycles. The fourth-order valence-corrected chi connectivity index (χ4v) is 12.6. The van der Waals surface area contributed by atoms with Gasteiger partial charge in [0.05, 0.1) is 0 Å². The number of hydrogen-bond donors (Lipinski definition) is 0. The molecule has 6 aromatic heterocycles. The lowest BCUT2D eigenvalue weighted by Gasteiger charge is -1.97. The van der Waals surface area contributed by atoms with Crippen LogP contribution < -0.4 is 0 Å². The van der Waals surface area contributed by atoms with Crippen LogP contribution in [-0.4, -0.2) is 12.6 Å². The summed E-state index contributed by atoms with van der Waals surface area (Å²) >= 11 is 18.1. The molecule has 0 aliphatic rings. The average Bonchev–Trinajstić information content (AvgIpc) is 3.80. The van der Waals surface area contributed by atoms with Crippen molar-refractivity contribution in [3.05, 3.63) is 128 Å². The van der Waals surface area contributed by atoms with Crippen LogP contribution in [0.1, 0.15) is 69.5 Å². The summed E-state index contributed by atoms with van der Waals surface area (Å²) in [5.74, 6) is 0. The molecule has 0 unspecified atom stereocenters. The van der Waals surface area contributed by atoms with E-state index in [9.17, 15) is 9.59 Å². The van der Waals surface area contributed by atoms with Gasteiger partial charge in [-0.15, -0.1) is 68.0 Å². The zero-order chi connectivity index (χ0) is 28.3. The van der Waals surface area contributed by atoms with Gasteiger partial charge in [-0.25, -0.2) is 0 Å². The van der Waals surface area contributed by atoms with Gasteiger partial charge in [0.25, 0.3) is 0 Å². The van der Waals surface area contributed by atoms with Crippen molar-refractivity contribution in [1.29, 1.82) is 0 Å². The summed E-state index contributed by atoms with van der Waals surface area (Å²) in [7, 11) is 0. The molecule has 208 valence electrons. The summed E-state index contributed by atoms with van der Waals surface area (Å²) in [6, 6.07) is 17.1. The van der Waals surface area contributed by atoms with E-state index in [0.717, 1.165) is 70.0 Å². The zero-order valence-corrected chi connectivity index (χ0v) is 29.6. The minimum atomic E-state index is 0.760. The molecule has 0 amide bonds. The molecular weight excluding hydrogens is 757 g/mol. The summed E-state index contributed by atoms with van der Waals surface area (Å²) in [4.78, 5) is 35.9. The monoisotopic (exact) mass is 776 g/mol. The topological polar surface area (TPSA) is 34.1 Å². The highest BCUT2D eigenvalue weighted by Gasteiger charge is 2.15. The molecule has 0 N–H and O–H groups in total. The average molecular weight is 779 g/mol. The van der Waals surface area contributed by atoms with E-state index in [-0.39, 0.29) is 0 Å². The molecule has 6 aromatic rings. The van der Waals surface area contributed by atoms with Crippen LogP contribution in [0.4, 0.5) is 0 Å². The summed E-state index contributed by atoms with van der Waals surface area (Å²) in [6.07, 6.45) is 6.20. The van der Waals surface area contributed by atoms with E-state index in [4.69, 9.17) is 0 Å². The first kappa shape index (κ1) is 29.6. The minimum Gasteiger partial charge on any atom is -0.298 e. The first-order valence-electron chi connectivity index (χ1n) is 12.7. The second-order valence-corrected chi connectivity index (χ2v) is 18.1. The Hall–Kier alpha value is -1.50. The normalized spacial score (nSPS) is 11.4. The second kappa shape index (κ2) is 13.4. The Labute approximate surface area is 279 Å². The highest BCUT2D eigenvalue weighted by Crippen LogP contribution is 2.36. The number of hydrogen-bond acceptors (Lipinski definition) is 8. The molecule has 0 atom stereocenters. The van der Waals surface area contributed by atoms with Crippen LogP contribution >= 0.6 is 99.9 Å². The molecule has 0 radical (unpaired) electrons. The van der Waals surface area contributed by atoms with Crippen molar-refractivity contribution in [2.45, 2.75) is 32.1 Å². The van der Waals surface area contributed by atoms with Crippen LogP contribution in [0.15, 0.2) is 68.2 Å². The molecular formula is C31H22Br2O2S6. The van der Waals surface area contributed by atoms with Gasteiger partial charge in [0.15, 0.2) is 12.6 Å². The molecule has 10 heteroatoms. The standard InChI is InChI=1S/C31H22Br2O2S6/c32-26-6-8-37-30(26)14-22-3-4-23(39-22)15-31-27(33)11-25(41-31)10-24-9-19(17-35)29(40-24)13-21-2-1-20(38-21)12-28-18(16-34)5-7-36-28/h1-9,11,16-17H,10,12-15H2. The van der Waals surface area contributed by atoms with Crippen molar-refractivity contribution in [2.75, 3.05) is 0 Å². The van der Waals surface area contributed by atoms with Gasteiger partial charge in [-0.3, -0.25) is 9.59 Å². The maximum absolute atomic E-state index is 11.9. The highest BCUT2D eigenvalue weighted by molar-refractivity contribution is 9.10. The highest BCUT2D eigenvalue weighted by atomic mass is 79.9. The van der Waals surface area contributed by atoms with E-state index in [1.807, 2.05) is 34.1 Å². The van der Waals surface area contributed by atoms with E-state index in [1.165, 1.54) is 43.5 Å². The van der Waals surface area contributed by atoms with Gasteiger partial charge in [0.1, 0.15) is 0 Å². The zero-order valence-electron chi connectivity index (χ0n) is 21.5. The molecule has 6 heterocycles. The Bertz CT molecular complexity index is 1810. The third-order valence-corrected chi connectivity index (χ3v) is 14.8. The van der Waals surface area contributed by atoms with Crippen LogP contribution in [0.25, 0.3) is 0 Å². The fourth-order valence-electron chi connectivity index (χ4n) is 4.57. The number of carbonyl (C=O) groups excluding carboxylic acids is 2. The van der Waals surface area contributed by atoms with Crippen LogP contribution in [0.2, 0.25) is 0 Å². The lowest BCUT2D eigenvalue weighted by atomic mass is 10.2. The Morgan fingerprint density at radius 2 is 1.02 bits per heavy atom. The van der Waals surface area contributed by atoms with Gasteiger partial charge in [0.2, 0.25) is 0 Å². The van der Waals surface area contributed by atoms with Crippen molar-refractivity contribution >= 4 is 112 Å². The first-order valence-corrected chi connectivity index (χ1v) is 19.3. The molecule has 41 heavy (non-hydrogen) atoms. The van der Waals surface area contributed by atoms with E-state index < -0.39 is 0 Å². The van der Waals surface area contributed by atoms with Gasteiger partial charge in [0, 0.05) is 101 Å². The Balaban J connectivity index is 1.11. The predicted octanol–water partition coefficient (Wildman–Crippen LogP) is 11.2. The van der Waals surface area contributed by atoms with Crippen LogP contribution in [0.3, 0.4) is 0 Å². The first-order chi connectivity index (χ1) is 20.0. The summed E-state index contributed by atoms with van der Waals surface area (Å²) in [5, 5.41) is 4.10. The molecule has 0 spiro atoms. The minimum absolute atomic E-state index is 0.760. The van der Waals surface area contributed by atoms with Gasteiger partial charge in [-0.05, 0) is 91.2 Å². The summed E-state index contributed by atoms with van der Waals surface area (Å²) < 4.78 is 2.36. The van der Waals surface area contributed by atoms with Crippen molar-refractivity contribution in [1.82, 2.24) is 0 Å². The lowest BCUT2D eigenvalue weighted by molar-refractivity contribution is 0.111. The molecule has 0 aromatic carbocycles.